The van der Waals surface area contributed by atoms with E-state index in [0.29, 0.717) is 5.82 Å². The van der Waals surface area contributed by atoms with Crippen molar-refractivity contribution in [2.24, 2.45) is 0 Å². The molecule has 7 nitrogen and oxygen atoms in total. The van der Waals surface area contributed by atoms with Crippen LogP contribution < -0.4 is 5.73 Å². The van der Waals surface area contributed by atoms with Crippen molar-refractivity contribution in [1.82, 2.24) is 25.0 Å². The van der Waals surface area contributed by atoms with Crippen molar-refractivity contribution in [3.8, 4) is 11.3 Å². The van der Waals surface area contributed by atoms with Crippen LogP contribution in [0.15, 0.2) is 36.7 Å². The molecule has 1 saturated heterocycles. The molecule has 0 spiro atoms. The SMILES string of the molecule is Nc1nc2cc(-c3ccn[nH]3)ccc2c2nn(C[C@@H]3CCCO3)cc12. The lowest BCUT2D eigenvalue weighted by Gasteiger charge is -2.08. The molecule has 1 aromatic carbocycles. The lowest BCUT2D eigenvalue weighted by molar-refractivity contribution is 0.0942. The quantitative estimate of drug-likeness (QED) is 0.601. The van der Waals surface area contributed by atoms with Crippen LogP contribution >= 0.6 is 0 Å². The second-order valence-corrected chi connectivity index (χ2v) is 6.45. The van der Waals surface area contributed by atoms with Crippen molar-refractivity contribution in [3.05, 3.63) is 36.7 Å². The Hall–Kier alpha value is -2.93. The fourth-order valence-electron chi connectivity index (χ4n) is 3.50. The average molecular weight is 334 g/mol. The smallest absolute Gasteiger partial charge is 0.135 e. The zero-order valence-corrected chi connectivity index (χ0v) is 13.6. The molecule has 4 heterocycles. The van der Waals surface area contributed by atoms with Gasteiger partial charge in [0.1, 0.15) is 11.3 Å². The van der Waals surface area contributed by atoms with Crippen LogP contribution in [0.2, 0.25) is 0 Å². The number of aromatic amines is 1. The van der Waals surface area contributed by atoms with Crippen molar-refractivity contribution in [1.29, 1.82) is 0 Å². The highest BCUT2D eigenvalue weighted by Gasteiger charge is 2.18. The number of nitrogens with zero attached hydrogens (tertiary/aromatic N) is 4. The average Bonchev–Trinajstić information content (AvgIpc) is 3.36. The minimum Gasteiger partial charge on any atom is -0.383 e. The number of rotatable bonds is 3. The lowest BCUT2D eigenvalue weighted by atomic mass is 10.1. The third-order valence-electron chi connectivity index (χ3n) is 4.76. The van der Waals surface area contributed by atoms with E-state index in [0.717, 1.165) is 59.1 Å². The summed E-state index contributed by atoms with van der Waals surface area (Å²) >= 11 is 0. The van der Waals surface area contributed by atoms with E-state index in [-0.39, 0.29) is 6.10 Å². The third-order valence-corrected chi connectivity index (χ3v) is 4.76. The molecule has 1 atom stereocenters. The van der Waals surface area contributed by atoms with Gasteiger partial charge in [-0.15, -0.1) is 0 Å². The third kappa shape index (κ3) is 2.44. The number of benzene rings is 1. The number of nitrogens with two attached hydrogens (primary N) is 1. The predicted molar refractivity (Wildman–Crippen MR) is 96.0 cm³/mol. The molecule has 1 aliphatic heterocycles. The summed E-state index contributed by atoms with van der Waals surface area (Å²) in [7, 11) is 0. The van der Waals surface area contributed by atoms with Gasteiger partial charge in [-0.05, 0) is 31.0 Å². The molecule has 0 amide bonds. The van der Waals surface area contributed by atoms with Gasteiger partial charge in [0, 0.05) is 30.0 Å². The number of anilines is 1. The van der Waals surface area contributed by atoms with E-state index in [1.165, 1.54) is 0 Å². The maximum Gasteiger partial charge on any atom is 0.135 e. The number of pyridine rings is 1. The Balaban J connectivity index is 1.62. The fourth-order valence-corrected chi connectivity index (χ4v) is 3.50. The molecule has 0 unspecified atom stereocenters. The van der Waals surface area contributed by atoms with Crippen LogP contribution in [-0.2, 0) is 11.3 Å². The van der Waals surface area contributed by atoms with Crippen LogP contribution in [0.5, 0.6) is 0 Å². The summed E-state index contributed by atoms with van der Waals surface area (Å²) < 4.78 is 7.64. The first-order valence-corrected chi connectivity index (χ1v) is 8.46. The van der Waals surface area contributed by atoms with Crippen LogP contribution in [0.4, 0.5) is 5.82 Å². The second-order valence-electron chi connectivity index (χ2n) is 6.45. The van der Waals surface area contributed by atoms with Crippen molar-refractivity contribution in [2.75, 3.05) is 12.3 Å². The zero-order valence-electron chi connectivity index (χ0n) is 13.6. The molecule has 25 heavy (non-hydrogen) atoms. The molecule has 7 heteroatoms. The van der Waals surface area contributed by atoms with E-state index in [2.05, 4.69) is 15.2 Å². The largest absolute Gasteiger partial charge is 0.383 e. The van der Waals surface area contributed by atoms with Crippen LogP contribution in [0.3, 0.4) is 0 Å². The summed E-state index contributed by atoms with van der Waals surface area (Å²) in [6.45, 7) is 1.59. The van der Waals surface area contributed by atoms with Crippen molar-refractivity contribution >= 4 is 27.6 Å². The number of ether oxygens (including phenoxy) is 1. The molecule has 0 radical (unpaired) electrons. The highest BCUT2D eigenvalue weighted by Crippen LogP contribution is 2.30. The normalized spacial score (nSPS) is 17.7. The Bertz CT molecular complexity index is 1050. The van der Waals surface area contributed by atoms with Crippen molar-refractivity contribution < 1.29 is 4.74 Å². The number of fused-ring (bicyclic) bond motifs is 3. The predicted octanol–water partition coefficient (Wildman–Crippen LogP) is 2.74. The van der Waals surface area contributed by atoms with E-state index < -0.39 is 0 Å². The summed E-state index contributed by atoms with van der Waals surface area (Å²) in [5.74, 6) is 0.503. The fraction of sp³-hybridized carbons (Fsp3) is 0.278. The Morgan fingerprint density at radius 3 is 3.04 bits per heavy atom. The number of H-pyrrole nitrogens is 1. The Kier molecular flexibility index (Phi) is 3.21. The monoisotopic (exact) mass is 334 g/mol. The summed E-state index contributed by atoms with van der Waals surface area (Å²) in [5, 5.41) is 13.6. The number of nitrogens with one attached hydrogen (secondary N) is 1. The first kappa shape index (κ1) is 14.4. The Morgan fingerprint density at radius 1 is 1.28 bits per heavy atom. The molecule has 3 N–H and O–H groups in total. The molecule has 0 saturated carbocycles. The van der Waals surface area contributed by atoms with Gasteiger partial charge in [-0.25, -0.2) is 4.98 Å². The highest BCUT2D eigenvalue weighted by molar-refractivity contribution is 6.08. The first-order chi connectivity index (χ1) is 12.3. The zero-order chi connectivity index (χ0) is 16.8. The maximum atomic E-state index is 6.20. The van der Waals surface area contributed by atoms with Crippen LogP contribution in [0.1, 0.15) is 12.8 Å². The van der Waals surface area contributed by atoms with Gasteiger partial charge in [0.15, 0.2) is 0 Å². The first-order valence-electron chi connectivity index (χ1n) is 8.46. The molecule has 1 aliphatic rings. The number of aromatic nitrogens is 5. The standard InChI is InChI=1S/C18H18N6O/c19-18-14-10-24(9-12-2-1-7-25-12)23-17(14)13-4-3-11(8-16(13)21-18)15-5-6-20-22-15/h3-6,8,10,12H,1-2,7,9H2,(H2,19,21)(H,20,22)/t12-/m0/s1. The van der Waals surface area contributed by atoms with Crippen LogP contribution in [-0.4, -0.2) is 37.7 Å². The summed E-state index contributed by atoms with van der Waals surface area (Å²) in [5.41, 5.74) is 9.89. The van der Waals surface area contributed by atoms with Gasteiger partial charge in [0.05, 0.1) is 29.2 Å². The van der Waals surface area contributed by atoms with E-state index in [9.17, 15) is 0 Å². The van der Waals surface area contributed by atoms with Gasteiger partial charge in [0.25, 0.3) is 0 Å². The minimum atomic E-state index is 0.238. The van der Waals surface area contributed by atoms with E-state index in [4.69, 9.17) is 15.6 Å². The summed E-state index contributed by atoms with van der Waals surface area (Å²) in [4.78, 5) is 4.58. The topological polar surface area (TPSA) is 94.6 Å². The lowest BCUT2D eigenvalue weighted by Crippen LogP contribution is -2.15. The van der Waals surface area contributed by atoms with Crippen molar-refractivity contribution in [2.45, 2.75) is 25.5 Å². The molecular weight excluding hydrogens is 316 g/mol. The Labute approximate surface area is 143 Å². The van der Waals surface area contributed by atoms with E-state index in [1.54, 1.807) is 6.20 Å². The van der Waals surface area contributed by atoms with Crippen LogP contribution in [0.25, 0.3) is 33.1 Å². The minimum absolute atomic E-state index is 0.238. The molecule has 1 fully saturated rings. The molecule has 4 aromatic rings. The van der Waals surface area contributed by atoms with E-state index >= 15 is 0 Å². The van der Waals surface area contributed by atoms with Gasteiger partial charge in [-0.2, -0.15) is 10.2 Å². The highest BCUT2D eigenvalue weighted by atomic mass is 16.5. The number of hydrogen-bond acceptors (Lipinski definition) is 5. The molecule has 0 aliphatic carbocycles. The van der Waals surface area contributed by atoms with Crippen molar-refractivity contribution in [3.63, 3.8) is 0 Å². The molecular formula is C18H18N6O. The number of nitrogen functional groups attached to an aromatic ring is 1. The van der Waals surface area contributed by atoms with Gasteiger partial charge < -0.3 is 10.5 Å². The summed E-state index contributed by atoms with van der Waals surface area (Å²) in [6, 6.07) is 8.03. The molecule has 5 rings (SSSR count). The Morgan fingerprint density at radius 2 is 2.24 bits per heavy atom. The van der Waals surface area contributed by atoms with Gasteiger partial charge in [-0.3, -0.25) is 9.78 Å². The maximum absolute atomic E-state index is 6.20. The summed E-state index contributed by atoms with van der Waals surface area (Å²) in [6.07, 6.45) is 6.15. The number of hydrogen-bond donors (Lipinski definition) is 2. The van der Waals surface area contributed by atoms with Gasteiger partial charge in [-0.1, -0.05) is 6.07 Å². The molecule has 0 bridgehead atoms. The molecule has 3 aromatic heterocycles. The van der Waals surface area contributed by atoms with Gasteiger partial charge in [0.2, 0.25) is 0 Å². The second kappa shape index (κ2) is 5.56. The van der Waals surface area contributed by atoms with E-state index in [1.807, 2.05) is 35.1 Å². The molecule has 126 valence electrons. The van der Waals surface area contributed by atoms with Crippen LogP contribution in [0, 0.1) is 0 Å². The van der Waals surface area contributed by atoms with Gasteiger partial charge >= 0.3 is 0 Å².